The highest BCUT2D eigenvalue weighted by molar-refractivity contribution is 9.10. The van der Waals surface area contributed by atoms with Gasteiger partial charge in [0.1, 0.15) is 6.04 Å². The van der Waals surface area contributed by atoms with Crippen molar-refractivity contribution in [3.8, 4) is 0 Å². The van der Waals surface area contributed by atoms with E-state index < -0.39 is 36.1 Å². The largest absolute Gasteiger partial charge is 0.480 e. The van der Waals surface area contributed by atoms with Gasteiger partial charge in [0.05, 0.1) is 5.56 Å². The number of carbonyl (C=O) groups is 2. The monoisotopic (exact) mass is 415 g/mol. The summed E-state index contributed by atoms with van der Waals surface area (Å²) < 4.78 is 39.7. The molecule has 0 spiro atoms. The van der Waals surface area contributed by atoms with Crippen molar-refractivity contribution < 1.29 is 27.9 Å². The van der Waals surface area contributed by atoms with Crippen LogP contribution in [0.15, 0.2) is 53.0 Å². The Kier molecular flexibility index (Phi) is 5.84. The summed E-state index contributed by atoms with van der Waals surface area (Å²) >= 11 is 3.19. The van der Waals surface area contributed by atoms with E-state index in [4.69, 9.17) is 0 Å². The van der Waals surface area contributed by atoms with Crippen LogP contribution < -0.4 is 5.32 Å². The zero-order valence-corrected chi connectivity index (χ0v) is 14.3. The van der Waals surface area contributed by atoms with E-state index in [1.807, 2.05) is 0 Å². The Morgan fingerprint density at radius 1 is 1.12 bits per heavy atom. The molecule has 0 aliphatic heterocycles. The molecule has 4 nitrogen and oxygen atoms in total. The zero-order valence-electron chi connectivity index (χ0n) is 12.7. The molecule has 0 aliphatic rings. The van der Waals surface area contributed by atoms with Crippen LogP contribution in [0.5, 0.6) is 0 Å². The van der Waals surface area contributed by atoms with E-state index in [-0.39, 0.29) is 11.1 Å². The van der Waals surface area contributed by atoms with Gasteiger partial charge >= 0.3 is 12.1 Å². The minimum atomic E-state index is -4.60. The first kappa shape index (κ1) is 19.0. The van der Waals surface area contributed by atoms with Gasteiger partial charge in [-0.2, -0.15) is 13.2 Å². The third-order valence-electron chi connectivity index (χ3n) is 3.44. The average molecular weight is 416 g/mol. The molecule has 8 heteroatoms. The summed E-state index contributed by atoms with van der Waals surface area (Å²) in [5.74, 6) is -2.10. The van der Waals surface area contributed by atoms with Crippen LogP contribution in [0.1, 0.15) is 21.5 Å². The van der Waals surface area contributed by atoms with Gasteiger partial charge in [0, 0.05) is 16.5 Å². The Bertz CT molecular complexity index is 793. The molecule has 0 heterocycles. The molecular weight excluding hydrogens is 403 g/mol. The van der Waals surface area contributed by atoms with Gasteiger partial charge in [-0.1, -0.05) is 40.2 Å². The number of hydrogen-bond acceptors (Lipinski definition) is 2. The molecule has 0 saturated heterocycles. The number of halogens is 4. The number of aliphatic carboxylic acids is 1. The van der Waals surface area contributed by atoms with E-state index in [0.717, 1.165) is 6.07 Å². The predicted octanol–water partition coefficient (Wildman–Crippen LogP) is 3.89. The summed E-state index contributed by atoms with van der Waals surface area (Å²) in [6, 6.07) is 9.44. The SMILES string of the molecule is O=C(N[C@@H](Cc1ccccc1C(F)(F)F)C(=O)O)c1cccc(Br)c1. The van der Waals surface area contributed by atoms with Gasteiger partial charge < -0.3 is 10.4 Å². The Hall–Kier alpha value is -2.35. The van der Waals surface area contributed by atoms with Crippen molar-refractivity contribution in [3.63, 3.8) is 0 Å². The molecule has 1 amide bonds. The fraction of sp³-hybridized carbons (Fsp3) is 0.176. The summed E-state index contributed by atoms with van der Waals surface area (Å²) in [5.41, 5.74) is -0.917. The van der Waals surface area contributed by atoms with Gasteiger partial charge in [0.15, 0.2) is 0 Å². The Morgan fingerprint density at radius 3 is 2.40 bits per heavy atom. The van der Waals surface area contributed by atoms with Crippen molar-refractivity contribution >= 4 is 27.8 Å². The van der Waals surface area contributed by atoms with Crippen molar-refractivity contribution in [1.82, 2.24) is 5.32 Å². The third kappa shape index (κ3) is 5.06. The second-order valence-corrected chi connectivity index (χ2v) is 6.15. The minimum absolute atomic E-state index is 0.197. The molecule has 0 bridgehead atoms. The second-order valence-electron chi connectivity index (χ2n) is 5.23. The van der Waals surface area contributed by atoms with Gasteiger partial charge in [-0.25, -0.2) is 4.79 Å². The number of carboxylic acids is 1. The van der Waals surface area contributed by atoms with Gasteiger partial charge in [-0.05, 0) is 29.8 Å². The third-order valence-corrected chi connectivity index (χ3v) is 3.93. The molecule has 1 atom stereocenters. The highest BCUT2D eigenvalue weighted by atomic mass is 79.9. The van der Waals surface area contributed by atoms with Crippen molar-refractivity contribution in [2.45, 2.75) is 18.6 Å². The highest BCUT2D eigenvalue weighted by Gasteiger charge is 2.34. The molecule has 0 unspecified atom stereocenters. The lowest BCUT2D eigenvalue weighted by Crippen LogP contribution is -2.42. The Labute approximate surface area is 149 Å². The molecule has 2 aromatic carbocycles. The fourth-order valence-electron chi connectivity index (χ4n) is 2.27. The first-order valence-electron chi connectivity index (χ1n) is 7.13. The normalized spacial score (nSPS) is 12.5. The lowest BCUT2D eigenvalue weighted by molar-refractivity contribution is -0.141. The van der Waals surface area contributed by atoms with E-state index in [1.165, 1.54) is 30.3 Å². The summed E-state index contributed by atoms with van der Waals surface area (Å²) in [5, 5.41) is 11.5. The molecule has 0 fully saturated rings. The van der Waals surface area contributed by atoms with Gasteiger partial charge in [-0.3, -0.25) is 4.79 Å². The smallest absolute Gasteiger partial charge is 0.416 e. The number of carbonyl (C=O) groups excluding carboxylic acids is 1. The Balaban J connectivity index is 2.23. The van der Waals surface area contributed by atoms with Crippen molar-refractivity contribution in [2.75, 3.05) is 0 Å². The molecule has 2 N–H and O–H groups in total. The second kappa shape index (κ2) is 7.69. The van der Waals surface area contributed by atoms with Crippen molar-refractivity contribution in [3.05, 3.63) is 69.7 Å². The maximum Gasteiger partial charge on any atom is 0.416 e. The van der Waals surface area contributed by atoms with Crippen LogP contribution in [0.4, 0.5) is 13.2 Å². The van der Waals surface area contributed by atoms with Gasteiger partial charge in [-0.15, -0.1) is 0 Å². The summed E-state index contributed by atoms with van der Waals surface area (Å²) in [4.78, 5) is 23.6. The number of nitrogens with one attached hydrogen (secondary N) is 1. The van der Waals surface area contributed by atoms with E-state index in [1.54, 1.807) is 12.1 Å². The first-order chi connectivity index (χ1) is 11.7. The van der Waals surface area contributed by atoms with Gasteiger partial charge in [0.25, 0.3) is 5.91 Å². The van der Waals surface area contributed by atoms with Gasteiger partial charge in [0.2, 0.25) is 0 Å². The molecular formula is C17H13BrF3NO3. The highest BCUT2D eigenvalue weighted by Crippen LogP contribution is 2.32. The Morgan fingerprint density at radius 2 is 1.80 bits per heavy atom. The predicted molar refractivity (Wildman–Crippen MR) is 88.2 cm³/mol. The van der Waals surface area contributed by atoms with E-state index in [0.29, 0.717) is 4.47 Å². The van der Waals surface area contributed by atoms with Crippen LogP contribution in [0.25, 0.3) is 0 Å². The zero-order chi connectivity index (χ0) is 18.6. The summed E-state index contributed by atoms with van der Waals surface area (Å²) in [6.07, 6.45) is -5.08. The molecule has 0 aliphatic carbocycles. The number of rotatable bonds is 5. The fourth-order valence-corrected chi connectivity index (χ4v) is 2.67. The molecule has 25 heavy (non-hydrogen) atoms. The molecule has 2 rings (SSSR count). The van der Waals surface area contributed by atoms with Crippen LogP contribution in [0.2, 0.25) is 0 Å². The van der Waals surface area contributed by atoms with Crippen LogP contribution in [-0.4, -0.2) is 23.0 Å². The molecule has 132 valence electrons. The van der Waals surface area contributed by atoms with Crippen LogP contribution in [-0.2, 0) is 17.4 Å². The topological polar surface area (TPSA) is 66.4 Å². The summed E-state index contributed by atoms with van der Waals surface area (Å²) in [6.45, 7) is 0. The van der Waals surface area contributed by atoms with Crippen LogP contribution in [0.3, 0.4) is 0 Å². The molecule has 0 radical (unpaired) electrons. The van der Waals surface area contributed by atoms with Crippen molar-refractivity contribution in [2.24, 2.45) is 0 Å². The van der Waals surface area contributed by atoms with Crippen LogP contribution >= 0.6 is 15.9 Å². The number of hydrogen-bond donors (Lipinski definition) is 2. The minimum Gasteiger partial charge on any atom is -0.480 e. The number of alkyl halides is 3. The number of benzene rings is 2. The maximum absolute atomic E-state index is 13.0. The lowest BCUT2D eigenvalue weighted by Gasteiger charge is -2.18. The van der Waals surface area contributed by atoms with E-state index in [9.17, 15) is 27.9 Å². The van der Waals surface area contributed by atoms with Crippen molar-refractivity contribution in [1.29, 1.82) is 0 Å². The number of amides is 1. The molecule has 0 saturated carbocycles. The average Bonchev–Trinajstić information content (AvgIpc) is 2.53. The molecule has 2 aromatic rings. The maximum atomic E-state index is 13.0. The van der Waals surface area contributed by atoms with Crippen LogP contribution in [0, 0.1) is 0 Å². The van der Waals surface area contributed by atoms with E-state index in [2.05, 4.69) is 21.2 Å². The standard InChI is InChI=1S/C17H13BrF3NO3/c18-12-6-3-5-11(8-12)15(23)22-14(16(24)25)9-10-4-1-2-7-13(10)17(19,20)21/h1-8,14H,9H2,(H,22,23)(H,24,25)/t14-/m0/s1. The summed E-state index contributed by atoms with van der Waals surface area (Å²) in [7, 11) is 0. The lowest BCUT2D eigenvalue weighted by atomic mass is 9.99. The number of carboxylic acid groups (broad SMARTS) is 1. The first-order valence-corrected chi connectivity index (χ1v) is 7.92. The molecule has 0 aromatic heterocycles. The van der Waals surface area contributed by atoms with E-state index >= 15 is 0 Å². The quantitative estimate of drug-likeness (QED) is 0.778.